The fraction of sp³-hybridized carbons (Fsp3) is 0.429. The van der Waals surface area contributed by atoms with Gasteiger partial charge in [0.1, 0.15) is 0 Å². The lowest BCUT2D eigenvalue weighted by Crippen LogP contribution is -2.28. The Hall–Kier alpha value is -1.28. The Bertz CT molecular complexity index is 492. The van der Waals surface area contributed by atoms with Gasteiger partial charge in [-0.25, -0.2) is 0 Å². The number of nitrogens with one attached hydrogen (secondary N) is 2. The van der Waals surface area contributed by atoms with E-state index >= 15 is 0 Å². The molecule has 1 fully saturated rings. The maximum atomic E-state index is 3.49. The average molecular weight is 214 g/mol. The lowest BCUT2D eigenvalue weighted by atomic mass is 9.88. The average Bonchev–Trinajstić information content (AvgIpc) is 2.76. The SMILES string of the molecule is Cc1cc2[nH]ccc2cc1C1CCCNC1. The summed E-state index contributed by atoms with van der Waals surface area (Å²) in [5.41, 5.74) is 4.20. The molecule has 3 rings (SSSR count). The second-order valence-electron chi connectivity index (χ2n) is 4.82. The van der Waals surface area contributed by atoms with Gasteiger partial charge < -0.3 is 10.3 Å². The van der Waals surface area contributed by atoms with E-state index in [0.29, 0.717) is 5.92 Å². The van der Waals surface area contributed by atoms with E-state index in [0.717, 1.165) is 6.54 Å². The predicted molar refractivity (Wildman–Crippen MR) is 67.9 cm³/mol. The summed E-state index contributed by atoms with van der Waals surface area (Å²) >= 11 is 0. The molecular weight excluding hydrogens is 196 g/mol. The van der Waals surface area contributed by atoms with Gasteiger partial charge in [0.2, 0.25) is 0 Å². The highest BCUT2D eigenvalue weighted by molar-refractivity contribution is 5.81. The Labute approximate surface area is 96.1 Å². The van der Waals surface area contributed by atoms with Crippen molar-refractivity contribution in [3.63, 3.8) is 0 Å². The van der Waals surface area contributed by atoms with E-state index in [1.54, 1.807) is 0 Å². The third-order valence-electron chi connectivity index (χ3n) is 3.68. The Balaban J connectivity index is 2.03. The zero-order valence-corrected chi connectivity index (χ0v) is 9.72. The van der Waals surface area contributed by atoms with Crippen molar-refractivity contribution in [1.82, 2.24) is 10.3 Å². The predicted octanol–water partition coefficient (Wildman–Crippen LogP) is 2.94. The molecule has 1 atom stereocenters. The molecule has 1 aliphatic rings. The van der Waals surface area contributed by atoms with Crippen molar-refractivity contribution in [3.05, 3.63) is 35.5 Å². The number of piperidine rings is 1. The van der Waals surface area contributed by atoms with Gasteiger partial charge in [0, 0.05) is 18.3 Å². The highest BCUT2D eigenvalue weighted by atomic mass is 14.9. The molecule has 1 aromatic heterocycles. The molecule has 0 aliphatic carbocycles. The molecule has 2 N–H and O–H groups in total. The molecule has 84 valence electrons. The molecule has 0 spiro atoms. The Morgan fingerprint density at radius 1 is 1.31 bits per heavy atom. The van der Waals surface area contributed by atoms with Crippen molar-refractivity contribution in [3.8, 4) is 0 Å². The topological polar surface area (TPSA) is 27.8 Å². The second kappa shape index (κ2) is 3.95. The molecule has 16 heavy (non-hydrogen) atoms. The molecule has 0 bridgehead atoms. The van der Waals surface area contributed by atoms with Gasteiger partial charge in [0.05, 0.1) is 0 Å². The minimum atomic E-state index is 0.702. The van der Waals surface area contributed by atoms with Gasteiger partial charge in [-0.2, -0.15) is 0 Å². The molecule has 0 amide bonds. The maximum absolute atomic E-state index is 3.49. The molecule has 2 heterocycles. The first-order valence-corrected chi connectivity index (χ1v) is 6.13. The van der Waals surface area contributed by atoms with E-state index in [1.165, 1.54) is 41.4 Å². The first kappa shape index (κ1) is 9.91. The van der Waals surface area contributed by atoms with E-state index in [4.69, 9.17) is 0 Å². The summed E-state index contributed by atoms with van der Waals surface area (Å²) in [5, 5.41) is 4.83. The van der Waals surface area contributed by atoms with E-state index in [1.807, 2.05) is 6.20 Å². The van der Waals surface area contributed by atoms with Crippen LogP contribution in [0.25, 0.3) is 10.9 Å². The zero-order valence-electron chi connectivity index (χ0n) is 9.72. The summed E-state index contributed by atoms with van der Waals surface area (Å²) in [7, 11) is 0. The van der Waals surface area contributed by atoms with Crippen LogP contribution < -0.4 is 5.32 Å². The monoisotopic (exact) mass is 214 g/mol. The van der Waals surface area contributed by atoms with Gasteiger partial charge in [-0.3, -0.25) is 0 Å². The van der Waals surface area contributed by atoms with Crippen LogP contribution in [0.2, 0.25) is 0 Å². The highest BCUT2D eigenvalue weighted by Crippen LogP contribution is 2.29. The van der Waals surface area contributed by atoms with E-state index < -0.39 is 0 Å². The fourth-order valence-electron chi connectivity index (χ4n) is 2.78. The zero-order chi connectivity index (χ0) is 11.0. The molecule has 2 heteroatoms. The van der Waals surface area contributed by atoms with E-state index in [2.05, 4.69) is 35.4 Å². The van der Waals surface area contributed by atoms with Crippen LogP contribution in [-0.2, 0) is 0 Å². The smallest absolute Gasteiger partial charge is 0.0456 e. The Morgan fingerprint density at radius 3 is 3.06 bits per heavy atom. The molecule has 2 aromatic rings. The lowest BCUT2D eigenvalue weighted by Gasteiger charge is -2.24. The summed E-state index contributed by atoms with van der Waals surface area (Å²) < 4.78 is 0. The standard InChI is InChI=1S/C14H18N2/c1-10-7-14-11(4-6-16-14)8-13(10)12-3-2-5-15-9-12/h4,6-8,12,15-16H,2-3,5,9H2,1H3. The van der Waals surface area contributed by atoms with Crippen molar-refractivity contribution >= 4 is 10.9 Å². The first-order chi connectivity index (χ1) is 7.84. The number of aromatic amines is 1. The maximum Gasteiger partial charge on any atom is 0.0456 e. The Morgan fingerprint density at radius 2 is 2.25 bits per heavy atom. The summed E-state index contributed by atoms with van der Waals surface area (Å²) in [6.07, 6.45) is 4.64. The van der Waals surface area contributed by atoms with Crippen molar-refractivity contribution in [2.45, 2.75) is 25.7 Å². The number of aromatic nitrogens is 1. The van der Waals surface area contributed by atoms with E-state index in [9.17, 15) is 0 Å². The van der Waals surface area contributed by atoms with Gasteiger partial charge in [0.15, 0.2) is 0 Å². The largest absolute Gasteiger partial charge is 0.361 e. The van der Waals surface area contributed by atoms with Crippen LogP contribution in [0.3, 0.4) is 0 Å². The summed E-state index contributed by atoms with van der Waals surface area (Å²) in [6.45, 7) is 4.54. The van der Waals surface area contributed by atoms with Crippen LogP contribution in [0, 0.1) is 6.92 Å². The molecule has 1 saturated heterocycles. The number of fused-ring (bicyclic) bond motifs is 1. The molecular formula is C14H18N2. The van der Waals surface area contributed by atoms with E-state index in [-0.39, 0.29) is 0 Å². The number of hydrogen-bond acceptors (Lipinski definition) is 1. The highest BCUT2D eigenvalue weighted by Gasteiger charge is 2.17. The number of H-pyrrole nitrogens is 1. The van der Waals surface area contributed by atoms with Gasteiger partial charge in [-0.05, 0) is 66.9 Å². The van der Waals surface area contributed by atoms with Gasteiger partial charge in [-0.1, -0.05) is 0 Å². The summed E-state index contributed by atoms with van der Waals surface area (Å²) in [5.74, 6) is 0.702. The van der Waals surface area contributed by atoms with Crippen LogP contribution in [0.15, 0.2) is 24.4 Å². The van der Waals surface area contributed by atoms with Gasteiger partial charge >= 0.3 is 0 Å². The Kier molecular flexibility index (Phi) is 2.44. The third kappa shape index (κ3) is 1.63. The molecule has 1 unspecified atom stereocenters. The van der Waals surface area contributed by atoms with Gasteiger partial charge in [-0.15, -0.1) is 0 Å². The van der Waals surface area contributed by atoms with Crippen LogP contribution in [0.4, 0.5) is 0 Å². The normalized spacial score (nSPS) is 21.4. The summed E-state index contributed by atoms with van der Waals surface area (Å²) in [6, 6.07) is 6.80. The molecule has 0 radical (unpaired) electrons. The number of aryl methyl sites for hydroxylation is 1. The third-order valence-corrected chi connectivity index (χ3v) is 3.68. The number of hydrogen-bond donors (Lipinski definition) is 2. The molecule has 1 aromatic carbocycles. The molecule has 0 saturated carbocycles. The van der Waals surface area contributed by atoms with Crippen molar-refractivity contribution < 1.29 is 0 Å². The van der Waals surface area contributed by atoms with Crippen molar-refractivity contribution in [2.24, 2.45) is 0 Å². The number of rotatable bonds is 1. The quantitative estimate of drug-likeness (QED) is 0.750. The molecule has 1 aliphatic heterocycles. The number of benzene rings is 1. The van der Waals surface area contributed by atoms with Crippen LogP contribution in [0.1, 0.15) is 29.9 Å². The van der Waals surface area contributed by atoms with Gasteiger partial charge in [0.25, 0.3) is 0 Å². The van der Waals surface area contributed by atoms with Crippen LogP contribution >= 0.6 is 0 Å². The fourth-order valence-corrected chi connectivity index (χ4v) is 2.78. The minimum Gasteiger partial charge on any atom is -0.361 e. The minimum absolute atomic E-state index is 0.702. The lowest BCUT2D eigenvalue weighted by molar-refractivity contribution is 0.460. The van der Waals surface area contributed by atoms with Crippen molar-refractivity contribution in [1.29, 1.82) is 0 Å². The van der Waals surface area contributed by atoms with Crippen LogP contribution in [-0.4, -0.2) is 18.1 Å². The summed E-state index contributed by atoms with van der Waals surface area (Å²) in [4.78, 5) is 3.27. The van der Waals surface area contributed by atoms with Crippen LogP contribution in [0.5, 0.6) is 0 Å². The second-order valence-corrected chi connectivity index (χ2v) is 4.82. The molecule has 2 nitrogen and oxygen atoms in total. The first-order valence-electron chi connectivity index (χ1n) is 6.13. The van der Waals surface area contributed by atoms with Crippen molar-refractivity contribution in [2.75, 3.05) is 13.1 Å².